The van der Waals surface area contributed by atoms with E-state index in [4.69, 9.17) is 0 Å². The first-order valence-electron chi connectivity index (χ1n) is 8.93. The molecule has 0 saturated heterocycles. The van der Waals surface area contributed by atoms with Crippen molar-refractivity contribution in [3.63, 3.8) is 0 Å². The molecule has 0 spiro atoms. The second kappa shape index (κ2) is 8.34. The number of alkyl halides is 3. The van der Waals surface area contributed by atoms with Crippen LogP contribution >= 0.6 is 0 Å². The van der Waals surface area contributed by atoms with E-state index in [2.05, 4.69) is 20.7 Å². The molecule has 2 N–H and O–H groups in total. The van der Waals surface area contributed by atoms with Gasteiger partial charge in [-0.25, -0.2) is 9.67 Å². The highest BCUT2D eigenvalue weighted by Gasteiger charge is 2.30. The molecule has 1 aromatic carbocycles. The normalized spacial score (nSPS) is 11.3. The Labute approximate surface area is 165 Å². The molecule has 0 aliphatic rings. The standard InChI is InChI=1S/C20H20F3N5O/c1-13-11-14(2)28(27-13)17-6-3-15(4-7-17)19(29)25-10-9-24-18-8-5-16(12-26-18)20(21,22)23/h3-8,11-12H,9-10H2,1-2H3,(H,24,26)(H,25,29). The van der Waals surface area contributed by atoms with Crippen molar-refractivity contribution in [3.8, 4) is 5.69 Å². The summed E-state index contributed by atoms with van der Waals surface area (Å²) in [7, 11) is 0. The van der Waals surface area contributed by atoms with Crippen LogP contribution in [0.5, 0.6) is 0 Å². The van der Waals surface area contributed by atoms with Gasteiger partial charge in [0.15, 0.2) is 0 Å². The minimum Gasteiger partial charge on any atom is -0.368 e. The maximum atomic E-state index is 12.5. The Kier molecular flexibility index (Phi) is 5.86. The van der Waals surface area contributed by atoms with Crippen LogP contribution in [0, 0.1) is 13.8 Å². The SMILES string of the molecule is Cc1cc(C)n(-c2ccc(C(=O)NCCNc3ccc(C(F)(F)F)cn3)cc2)n1. The number of nitrogens with one attached hydrogen (secondary N) is 2. The van der Waals surface area contributed by atoms with Crippen LogP contribution in [-0.4, -0.2) is 33.8 Å². The highest BCUT2D eigenvalue weighted by Crippen LogP contribution is 2.28. The van der Waals surface area contributed by atoms with E-state index in [0.29, 0.717) is 24.5 Å². The molecule has 0 atom stereocenters. The van der Waals surface area contributed by atoms with Gasteiger partial charge in [0.1, 0.15) is 5.82 Å². The maximum Gasteiger partial charge on any atom is 0.417 e. The Morgan fingerprint density at radius 3 is 2.34 bits per heavy atom. The number of pyridine rings is 1. The quantitative estimate of drug-likeness (QED) is 0.615. The summed E-state index contributed by atoms with van der Waals surface area (Å²) in [5.41, 5.74) is 2.48. The van der Waals surface area contributed by atoms with Crippen molar-refractivity contribution >= 4 is 11.7 Å². The van der Waals surface area contributed by atoms with Crippen molar-refractivity contribution < 1.29 is 18.0 Å². The van der Waals surface area contributed by atoms with Crippen molar-refractivity contribution in [3.05, 3.63) is 71.2 Å². The van der Waals surface area contributed by atoms with Gasteiger partial charge in [0.25, 0.3) is 5.91 Å². The van der Waals surface area contributed by atoms with E-state index in [1.807, 2.05) is 32.0 Å². The molecule has 2 heterocycles. The Bertz CT molecular complexity index is 979. The number of halogens is 3. The van der Waals surface area contributed by atoms with Gasteiger partial charge in [0, 0.05) is 30.5 Å². The van der Waals surface area contributed by atoms with E-state index >= 15 is 0 Å². The lowest BCUT2D eigenvalue weighted by Crippen LogP contribution is -2.28. The number of anilines is 1. The Balaban J connectivity index is 1.49. The Morgan fingerprint density at radius 2 is 1.79 bits per heavy atom. The number of carbonyl (C=O) groups excluding carboxylic acids is 1. The average Bonchev–Trinajstić information content (AvgIpc) is 3.03. The third-order valence-electron chi connectivity index (χ3n) is 4.19. The van der Waals surface area contributed by atoms with Crippen LogP contribution in [0.25, 0.3) is 5.69 Å². The van der Waals surface area contributed by atoms with E-state index < -0.39 is 11.7 Å². The summed E-state index contributed by atoms with van der Waals surface area (Å²) >= 11 is 0. The van der Waals surface area contributed by atoms with Crippen molar-refractivity contribution in [2.75, 3.05) is 18.4 Å². The zero-order valence-electron chi connectivity index (χ0n) is 15.9. The molecule has 0 aliphatic carbocycles. The van der Waals surface area contributed by atoms with Gasteiger partial charge >= 0.3 is 6.18 Å². The molecule has 3 aromatic rings. The number of hydrogen-bond donors (Lipinski definition) is 2. The van der Waals surface area contributed by atoms with E-state index in [-0.39, 0.29) is 5.91 Å². The smallest absolute Gasteiger partial charge is 0.368 e. The maximum absolute atomic E-state index is 12.5. The van der Waals surface area contributed by atoms with Crippen LogP contribution < -0.4 is 10.6 Å². The monoisotopic (exact) mass is 403 g/mol. The highest BCUT2D eigenvalue weighted by atomic mass is 19.4. The fraction of sp³-hybridized carbons (Fsp3) is 0.250. The van der Waals surface area contributed by atoms with Crippen molar-refractivity contribution in [1.82, 2.24) is 20.1 Å². The molecule has 1 amide bonds. The molecule has 9 heteroatoms. The zero-order chi connectivity index (χ0) is 21.0. The Morgan fingerprint density at radius 1 is 1.07 bits per heavy atom. The van der Waals surface area contributed by atoms with Crippen LogP contribution in [0.4, 0.5) is 19.0 Å². The van der Waals surface area contributed by atoms with Gasteiger partial charge in [0.2, 0.25) is 0 Å². The molecule has 0 bridgehead atoms. The van der Waals surface area contributed by atoms with Crippen LogP contribution in [0.3, 0.4) is 0 Å². The molecule has 0 fully saturated rings. The number of rotatable bonds is 6. The number of amides is 1. The number of aromatic nitrogens is 3. The molecule has 29 heavy (non-hydrogen) atoms. The molecule has 0 unspecified atom stereocenters. The van der Waals surface area contributed by atoms with Crippen LogP contribution in [0.2, 0.25) is 0 Å². The largest absolute Gasteiger partial charge is 0.417 e. The van der Waals surface area contributed by atoms with E-state index in [1.165, 1.54) is 6.07 Å². The summed E-state index contributed by atoms with van der Waals surface area (Å²) in [5, 5.41) is 10.0. The van der Waals surface area contributed by atoms with Gasteiger partial charge in [-0.3, -0.25) is 4.79 Å². The minimum atomic E-state index is -4.41. The first kappa shape index (κ1) is 20.4. The zero-order valence-corrected chi connectivity index (χ0v) is 15.9. The van der Waals surface area contributed by atoms with Gasteiger partial charge in [-0.15, -0.1) is 0 Å². The number of hydrogen-bond acceptors (Lipinski definition) is 4. The molecule has 0 saturated carbocycles. The average molecular weight is 403 g/mol. The van der Waals surface area contributed by atoms with Crippen LogP contribution in [-0.2, 0) is 6.18 Å². The van der Waals surface area contributed by atoms with Gasteiger partial charge in [-0.05, 0) is 56.3 Å². The van der Waals surface area contributed by atoms with Crippen LogP contribution in [0.15, 0.2) is 48.7 Å². The molecule has 6 nitrogen and oxygen atoms in total. The number of nitrogens with zero attached hydrogens (tertiary/aromatic N) is 3. The second-order valence-corrected chi connectivity index (χ2v) is 6.50. The van der Waals surface area contributed by atoms with Gasteiger partial charge in [0.05, 0.1) is 16.9 Å². The fourth-order valence-corrected chi connectivity index (χ4v) is 2.78. The van der Waals surface area contributed by atoms with E-state index in [1.54, 1.807) is 16.8 Å². The number of aryl methyl sites for hydroxylation is 2. The fourth-order valence-electron chi connectivity index (χ4n) is 2.78. The number of benzene rings is 1. The van der Waals surface area contributed by atoms with Crippen molar-refractivity contribution in [1.29, 1.82) is 0 Å². The molecule has 0 aliphatic heterocycles. The summed E-state index contributed by atoms with van der Waals surface area (Å²) < 4.78 is 39.3. The van der Waals surface area contributed by atoms with Gasteiger partial charge < -0.3 is 10.6 Å². The second-order valence-electron chi connectivity index (χ2n) is 6.50. The summed E-state index contributed by atoms with van der Waals surface area (Å²) in [6.07, 6.45) is -3.64. The minimum absolute atomic E-state index is 0.243. The third-order valence-corrected chi connectivity index (χ3v) is 4.19. The van der Waals surface area contributed by atoms with Crippen LogP contribution in [0.1, 0.15) is 27.3 Å². The van der Waals surface area contributed by atoms with Gasteiger partial charge in [-0.1, -0.05) is 0 Å². The predicted octanol–water partition coefficient (Wildman–Crippen LogP) is 3.74. The lowest BCUT2D eigenvalue weighted by molar-refractivity contribution is -0.137. The number of carbonyl (C=O) groups is 1. The lowest BCUT2D eigenvalue weighted by atomic mass is 10.2. The molecule has 152 valence electrons. The summed E-state index contributed by atoms with van der Waals surface area (Å²) in [6.45, 7) is 4.49. The van der Waals surface area contributed by atoms with E-state index in [0.717, 1.165) is 29.3 Å². The highest BCUT2D eigenvalue weighted by molar-refractivity contribution is 5.94. The van der Waals surface area contributed by atoms with Crippen molar-refractivity contribution in [2.45, 2.75) is 20.0 Å². The predicted molar refractivity (Wildman–Crippen MR) is 103 cm³/mol. The first-order chi connectivity index (χ1) is 13.7. The molecular weight excluding hydrogens is 383 g/mol. The molecule has 3 rings (SSSR count). The van der Waals surface area contributed by atoms with Crippen molar-refractivity contribution in [2.24, 2.45) is 0 Å². The Hall–Kier alpha value is -3.36. The molecular formula is C20H20F3N5O. The summed E-state index contributed by atoms with van der Waals surface area (Å²) in [6, 6.07) is 11.2. The van der Waals surface area contributed by atoms with Gasteiger partial charge in [-0.2, -0.15) is 18.3 Å². The lowest BCUT2D eigenvalue weighted by Gasteiger charge is -2.10. The molecule has 2 aromatic heterocycles. The third kappa shape index (κ3) is 5.13. The first-order valence-corrected chi connectivity index (χ1v) is 8.93. The molecule has 0 radical (unpaired) electrons. The summed E-state index contributed by atoms with van der Waals surface area (Å²) in [4.78, 5) is 15.9. The summed E-state index contributed by atoms with van der Waals surface area (Å²) in [5.74, 6) is 0.0635. The topological polar surface area (TPSA) is 71.8 Å². The van der Waals surface area contributed by atoms with E-state index in [9.17, 15) is 18.0 Å².